The van der Waals surface area contributed by atoms with Gasteiger partial charge in [-0.3, -0.25) is 9.78 Å². The van der Waals surface area contributed by atoms with Crippen molar-refractivity contribution in [2.45, 2.75) is 27.7 Å². The van der Waals surface area contributed by atoms with E-state index >= 15 is 0 Å². The number of pyridine rings is 1. The molecule has 0 bridgehead atoms. The van der Waals surface area contributed by atoms with Gasteiger partial charge in [0.1, 0.15) is 11.3 Å². The van der Waals surface area contributed by atoms with Crippen LogP contribution in [0.1, 0.15) is 38.1 Å². The SMILES string of the molecule is CCOC(=O)c1cnc2ccc(OCC)cc2c1NCC(=O)N(CC)CC. The molecule has 0 unspecified atom stereocenters. The van der Waals surface area contributed by atoms with Crippen molar-refractivity contribution in [2.75, 3.05) is 38.2 Å². The summed E-state index contributed by atoms with van der Waals surface area (Å²) in [6.45, 7) is 9.64. The number of likely N-dealkylation sites (N-methyl/N-ethyl adjacent to an activating group) is 1. The first-order valence-electron chi connectivity index (χ1n) is 9.29. The number of hydrogen-bond acceptors (Lipinski definition) is 6. The fraction of sp³-hybridized carbons (Fsp3) is 0.450. The summed E-state index contributed by atoms with van der Waals surface area (Å²) >= 11 is 0. The maximum Gasteiger partial charge on any atom is 0.341 e. The molecular formula is C20H27N3O4. The molecule has 1 amide bonds. The Kier molecular flexibility index (Phi) is 7.40. The summed E-state index contributed by atoms with van der Waals surface area (Å²) in [5.41, 5.74) is 1.52. The molecule has 7 nitrogen and oxygen atoms in total. The maximum absolute atomic E-state index is 12.4. The third-order valence-electron chi connectivity index (χ3n) is 4.18. The molecule has 0 aliphatic heterocycles. The van der Waals surface area contributed by atoms with Gasteiger partial charge in [0.2, 0.25) is 5.91 Å². The first-order chi connectivity index (χ1) is 13.0. The zero-order valence-corrected chi connectivity index (χ0v) is 16.4. The number of carbonyl (C=O) groups excluding carboxylic acids is 2. The number of benzene rings is 1. The van der Waals surface area contributed by atoms with Crippen LogP contribution in [0.3, 0.4) is 0 Å². The number of carbonyl (C=O) groups is 2. The summed E-state index contributed by atoms with van der Waals surface area (Å²) in [5.74, 6) is 0.151. The van der Waals surface area contributed by atoms with Gasteiger partial charge >= 0.3 is 5.97 Å². The third-order valence-corrected chi connectivity index (χ3v) is 4.18. The highest BCUT2D eigenvalue weighted by Gasteiger charge is 2.19. The average molecular weight is 373 g/mol. The van der Waals surface area contributed by atoms with E-state index in [1.54, 1.807) is 11.8 Å². The van der Waals surface area contributed by atoms with E-state index < -0.39 is 5.97 Å². The van der Waals surface area contributed by atoms with Gasteiger partial charge in [-0.2, -0.15) is 0 Å². The van der Waals surface area contributed by atoms with Gasteiger partial charge in [-0.15, -0.1) is 0 Å². The molecular weight excluding hydrogens is 346 g/mol. The first-order valence-corrected chi connectivity index (χ1v) is 9.29. The topological polar surface area (TPSA) is 80.8 Å². The quantitative estimate of drug-likeness (QED) is 0.681. The highest BCUT2D eigenvalue weighted by atomic mass is 16.5. The van der Waals surface area contributed by atoms with Crippen molar-refractivity contribution >= 4 is 28.5 Å². The highest BCUT2D eigenvalue weighted by molar-refractivity contribution is 6.05. The number of nitrogens with zero attached hydrogens (tertiary/aromatic N) is 2. The van der Waals surface area contributed by atoms with E-state index in [2.05, 4.69) is 10.3 Å². The lowest BCUT2D eigenvalue weighted by atomic mass is 10.1. The van der Waals surface area contributed by atoms with E-state index in [9.17, 15) is 9.59 Å². The van der Waals surface area contributed by atoms with Crippen LogP contribution in [0.5, 0.6) is 5.75 Å². The lowest BCUT2D eigenvalue weighted by molar-refractivity contribution is -0.128. The second-order valence-corrected chi connectivity index (χ2v) is 5.80. The second-order valence-electron chi connectivity index (χ2n) is 5.80. The second kappa shape index (κ2) is 9.75. The smallest absolute Gasteiger partial charge is 0.341 e. The van der Waals surface area contributed by atoms with E-state index in [1.165, 1.54) is 6.20 Å². The van der Waals surface area contributed by atoms with Crippen LogP contribution in [0.15, 0.2) is 24.4 Å². The summed E-state index contributed by atoms with van der Waals surface area (Å²) in [5, 5.41) is 3.83. The molecule has 1 heterocycles. The average Bonchev–Trinajstić information content (AvgIpc) is 2.67. The zero-order chi connectivity index (χ0) is 19.8. The Morgan fingerprint density at radius 2 is 1.85 bits per heavy atom. The fourth-order valence-electron chi connectivity index (χ4n) is 2.83. The minimum atomic E-state index is -0.480. The van der Waals surface area contributed by atoms with Gasteiger partial charge in [0.25, 0.3) is 0 Å². The van der Waals surface area contributed by atoms with Gasteiger partial charge in [0.05, 0.1) is 31.0 Å². The minimum Gasteiger partial charge on any atom is -0.494 e. The van der Waals surface area contributed by atoms with E-state index in [0.717, 1.165) is 0 Å². The van der Waals surface area contributed by atoms with Crippen molar-refractivity contribution in [3.05, 3.63) is 30.0 Å². The molecule has 1 aromatic heterocycles. The summed E-state index contributed by atoms with van der Waals surface area (Å²) in [4.78, 5) is 30.9. The molecule has 0 spiro atoms. The summed E-state index contributed by atoms with van der Waals surface area (Å²) < 4.78 is 10.7. The third kappa shape index (κ3) is 4.87. The van der Waals surface area contributed by atoms with Crippen LogP contribution < -0.4 is 10.1 Å². The van der Waals surface area contributed by atoms with E-state index in [0.29, 0.717) is 47.6 Å². The molecule has 0 atom stereocenters. The predicted molar refractivity (Wildman–Crippen MR) is 105 cm³/mol. The molecule has 1 aromatic carbocycles. The molecule has 7 heteroatoms. The van der Waals surface area contributed by atoms with Crippen LogP contribution in [-0.2, 0) is 9.53 Å². The summed E-state index contributed by atoms with van der Waals surface area (Å²) in [6, 6.07) is 5.47. The molecule has 2 aromatic rings. The Balaban J connectivity index is 2.46. The normalized spacial score (nSPS) is 10.5. The minimum absolute atomic E-state index is 0.0410. The number of hydrogen-bond donors (Lipinski definition) is 1. The number of fused-ring (bicyclic) bond motifs is 1. The van der Waals surface area contributed by atoms with Crippen molar-refractivity contribution in [1.29, 1.82) is 0 Å². The molecule has 1 N–H and O–H groups in total. The van der Waals surface area contributed by atoms with Crippen LogP contribution in [0.2, 0.25) is 0 Å². The van der Waals surface area contributed by atoms with E-state index in [4.69, 9.17) is 9.47 Å². The van der Waals surface area contributed by atoms with Crippen molar-refractivity contribution in [3.63, 3.8) is 0 Å². The molecule has 0 saturated carbocycles. The van der Waals surface area contributed by atoms with Crippen molar-refractivity contribution < 1.29 is 19.1 Å². The summed E-state index contributed by atoms with van der Waals surface area (Å²) in [7, 11) is 0. The fourth-order valence-corrected chi connectivity index (χ4v) is 2.83. The lowest BCUT2D eigenvalue weighted by Crippen LogP contribution is -2.35. The van der Waals surface area contributed by atoms with Gasteiger partial charge < -0.3 is 19.7 Å². The molecule has 27 heavy (non-hydrogen) atoms. The van der Waals surface area contributed by atoms with Crippen LogP contribution in [0.25, 0.3) is 10.9 Å². The maximum atomic E-state index is 12.4. The zero-order valence-electron chi connectivity index (χ0n) is 16.4. The van der Waals surface area contributed by atoms with E-state index in [1.807, 2.05) is 39.0 Å². The van der Waals surface area contributed by atoms with Gasteiger partial charge in [0, 0.05) is 24.7 Å². The van der Waals surface area contributed by atoms with Crippen molar-refractivity contribution in [1.82, 2.24) is 9.88 Å². The number of rotatable bonds is 9. The number of amides is 1. The standard InChI is InChI=1S/C20H27N3O4/c1-5-23(6-2)18(24)13-22-19-15-11-14(26-7-3)9-10-17(15)21-12-16(19)20(25)27-8-4/h9-12H,5-8,13H2,1-4H3,(H,21,22). The van der Waals surface area contributed by atoms with E-state index in [-0.39, 0.29) is 19.1 Å². The number of aromatic nitrogens is 1. The Morgan fingerprint density at radius 1 is 1.11 bits per heavy atom. The van der Waals surface area contributed by atoms with Gasteiger partial charge in [0.15, 0.2) is 0 Å². The first kappa shape index (κ1) is 20.5. The monoisotopic (exact) mass is 373 g/mol. The number of esters is 1. The van der Waals surface area contributed by atoms with Gasteiger partial charge in [-0.1, -0.05) is 0 Å². The van der Waals surface area contributed by atoms with Crippen molar-refractivity contribution in [3.8, 4) is 5.75 Å². The molecule has 0 saturated heterocycles. The highest BCUT2D eigenvalue weighted by Crippen LogP contribution is 2.30. The molecule has 0 aliphatic rings. The van der Waals surface area contributed by atoms with Crippen LogP contribution in [-0.4, -0.2) is 54.6 Å². The Morgan fingerprint density at radius 3 is 2.48 bits per heavy atom. The molecule has 0 aliphatic carbocycles. The Bertz CT molecular complexity index is 803. The molecule has 0 radical (unpaired) electrons. The summed E-state index contributed by atoms with van der Waals surface area (Å²) in [6.07, 6.45) is 1.48. The molecule has 2 rings (SSSR count). The van der Waals surface area contributed by atoms with Crippen LogP contribution in [0.4, 0.5) is 5.69 Å². The Hall–Kier alpha value is -2.83. The largest absolute Gasteiger partial charge is 0.494 e. The lowest BCUT2D eigenvalue weighted by Gasteiger charge is -2.20. The molecule has 0 fully saturated rings. The number of anilines is 1. The van der Waals surface area contributed by atoms with Gasteiger partial charge in [-0.05, 0) is 45.9 Å². The number of ether oxygens (including phenoxy) is 2. The number of nitrogens with one attached hydrogen (secondary N) is 1. The molecule has 146 valence electrons. The van der Waals surface area contributed by atoms with Gasteiger partial charge in [-0.25, -0.2) is 4.79 Å². The van der Waals surface area contributed by atoms with Crippen LogP contribution in [0, 0.1) is 0 Å². The predicted octanol–water partition coefficient (Wildman–Crippen LogP) is 3.09. The van der Waals surface area contributed by atoms with Crippen molar-refractivity contribution in [2.24, 2.45) is 0 Å². The van der Waals surface area contributed by atoms with Crippen LogP contribution >= 0.6 is 0 Å². The Labute approximate surface area is 159 Å².